The van der Waals surface area contributed by atoms with Crippen molar-refractivity contribution in [1.82, 2.24) is 4.90 Å². The number of alkyl halides is 3. The summed E-state index contributed by atoms with van der Waals surface area (Å²) in [5, 5.41) is 10.4. The first-order chi connectivity index (χ1) is 17.6. The fraction of sp³-hybridized carbons (Fsp3) is 0.286. The molecule has 9 heteroatoms. The molecule has 1 N–H and O–H groups in total. The molecule has 1 fully saturated rings. The molecule has 1 aliphatic rings. The number of carbonyl (C=O) groups excluding carboxylic acids is 1. The monoisotopic (exact) mass is 530 g/mol. The zero-order chi connectivity index (χ0) is 26.6. The molecule has 1 atom stereocenters. The lowest BCUT2D eigenvalue weighted by Crippen LogP contribution is -2.47. The van der Waals surface area contributed by atoms with Crippen molar-refractivity contribution in [2.45, 2.75) is 18.5 Å². The van der Waals surface area contributed by atoms with Gasteiger partial charge in [0, 0.05) is 48.0 Å². The van der Waals surface area contributed by atoms with Crippen LogP contribution >= 0.6 is 11.6 Å². The molecule has 3 aromatic rings. The molecule has 0 aromatic heterocycles. The molecule has 0 saturated carbocycles. The summed E-state index contributed by atoms with van der Waals surface area (Å²) >= 11 is 5.90. The van der Waals surface area contributed by atoms with Gasteiger partial charge in [0.1, 0.15) is 0 Å². The maximum absolute atomic E-state index is 13.1. The molecular formula is C28H26ClF3N2O3. The standard InChI is InChI=1S/C28H26ClF3N2O3/c29-23-9-7-19(8-10-23)26(35)21-4-1-3-20(17-21)25(27(36)37)11-12-33-13-15-34(16-14-33)24-6-2-5-22(18-24)28(30,31)32/h1-10,17-18,25H,11-16H2,(H,36,37). The van der Waals surface area contributed by atoms with Crippen molar-refractivity contribution >= 4 is 29.0 Å². The van der Waals surface area contributed by atoms with Crippen molar-refractivity contribution < 1.29 is 27.9 Å². The van der Waals surface area contributed by atoms with E-state index in [9.17, 15) is 27.9 Å². The van der Waals surface area contributed by atoms with Crippen LogP contribution in [0.25, 0.3) is 0 Å². The van der Waals surface area contributed by atoms with E-state index in [0.29, 0.717) is 66.5 Å². The smallest absolute Gasteiger partial charge is 0.416 e. The van der Waals surface area contributed by atoms with Gasteiger partial charge in [-0.2, -0.15) is 13.2 Å². The van der Waals surface area contributed by atoms with Crippen LogP contribution in [0.1, 0.15) is 39.4 Å². The minimum Gasteiger partial charge on any atom is -0.481 e. The predicted molar refractivity (Wildman–Crippen MR) is 136 cm³/mol. The number of ketones is 1. The molecule has 3 aromatic carbocycles. The number of benzene rings is 3. The Morgan fingerprint density at radius 3 is 2.22 bits per heavy atom. The van der Waals surface area contributed by atoms with Crippen molar-refractivity contribution in [1.29, 1.82) is 0 Å². The number of hydrogen-bond acceptors (Lipinski definition) is 4. The van der Waals surface area contributed by atoms with E-state index < -0.39 is 23.6 Å². The maximum Gasteiger partial charge on any atom is 0.416 e. The Kier molecular flexibility index (Phi) is 8.19. The topological polar surface area (TPSA) is 60.9 Å². The second-order valence-corrected chi connectivity index (χ2v) is 9.45. The predicted octanol–water partition coefficient (Wildman–Crippen LogP) is 5.97. The number of hydrogen-bond donors (Lipinski definition) is 1. The molecule has 37 heavy (non-hydrogen) atoms. The van der Waals surface area contributed by atoms with Gasteiger partial charge < -0.3 is 10.0 Å². The number of halogens is 4. The zero-order valence-electron chi connectivity index (χ0n) is 19.9. The average Bonchev–Trinajstić information content (AvgIpc) is 2.89. The highest BCUT2D eigenvalue weighted by molar-refractivity contribution is 6.30. The molecule has 0 spiro atoms. The molecule has 0 aliphatic carbocycles. The first-order valence-electron chi connectivity index (χ1n) is 11.9. The van der Waals surface area contributed by atoms with E-state index in [1.807, 2.05) is 4.90 Å². The molecule has 0 amide bonds. The van der Waals surface area contributed by atoms with E-state index in [1.54, 1.807) is 54.6 Å². The summed E-state index contributed by atoms with van der Waals surface area (Å²) in [6.07, 6.45) is -4.04. The van der Waals surface area contributed by atoms with E-state index in [2.05, 4.69) is 4.90 Å². The number of piperazine rings is 1. The first-order valence-corrected chi connectivity index (χ1v) is 12.3. The second-order valence-electron chi connectivity index (χ2n) is 9.02. The molecule has 1 unspecified atom stereocenters. The van der Waals surface area contributed by atoms with Crippen LogP contribution in [-0.2, 0) is 11.0 Å². The summed E-state index contributed by atoms with van der Waals surface area (Å²) < 4.78 is 39.2. The Morgan fingerprint density at radius 2 is 1.57 bits per heavy atom. The SMILES string of the molecule is O=C(c1ccc(Cl)cc1)c1cccc(C(CCN2CCN(c3cccc(C(F)(F)F)c3)CC2)C(=O)O)c1. The van der Waals surface area contributed by atoms with Crippen molar-refractivity contribution in [3.63, 3.8) is 0 Å². The Bertz CT molecular complexity index is 1260. The maximum atomic E-state index is 13.1. The van der Waals surface area contributed by atoms with Gasteiger partial charge in [-0.1, -0.05) is 35.9 Å². The number of carboxylic acids is 1. The fourth-order valence-electron chi connectivity index (χ4n) is 4.52. The minimum atomic E-state index is -4.39. The van der Waals surface area contributed by atoms with Gasteiger partial charge in [-0.3, -0.25) is 14.5 Å². The third-order valence-corrected chi connectivity index (χ3v) is 6.85. The highest BCUT2D eigenvalue weighted by Crippen LogP contribution is 2.32. The van der Waals surface area contributed by atoms with Gasteiger partial charge in [0.25, 0.3) is 0 Å². The van der Waals surface area contributed by atoms with Gasteiger partial charge in [0.05, 0.1) is 11.5 Å². The van der Waals surface area contributed by atoms with E-state index >= 15 is 0 Å². The van der Waals surface area contributed by atoms with Crippen molar-refractivity contribution in [3.8, 4) is 0 Å². The first kappa shape index (κ1) is 26.7. The van der Waals surface area contributed by atoms with Crippen LogP contribution in [0.3, 0.4) is 0 Å². The second kappa shape index (κ2) is 11.4. The van der Waals surface area contributed by atoms with Crippen LogP contribution in [0.4, 0.5) is 18.9 Å². The van der Waals surface area contributed by atoms with Gasteiger partial charge in [0.15, 0.2) is 5.78 Å². The third kappa shape index (κ3) is 6.70. The lowest BCUT2D eigenvalue weighted by molar-refractivity contribution is -0.139. The Labute approximate surface area is 218 Å². The average molecular weight is 531 g/mol. The molecule has 1 aliphatic heterocycles. The number of nitrogens with zero attached hydrogens (tertiary/aromatic N) is 2. The molecule has 0 bridgehead atoms. The molecule has 1 saturated heterocycles. The summed E-state index contributed by atoms with van der Waals surface area (Å²) in [5.74, 6) is -1.98. The van der Waals surface area contributed by atoms with Crippen LogP contribution in [0.5, 0.6) is 0 Å². The van der Waals surface area contributed by atoms with Crippen LogP contribution in [0.15, 0.2) is 72.8 Å². The van der Waals surface area contributed by atoms with Crippen LogP contribution < -0.4 is 4.90 Å². The van der Waals surface area contributed by atoms with Gasteiger partial charge >= 0.3 is 12.1 Å². The summed E-state index contributed by atoms with van der Waals surface area (Å²) in [6.45, 7) is 2.83. The number of rotatable bonds is 8. The number of aliphatic carboxylic acids is 1. The van der Waals surface area contributed by atoms with Gasteiger partial charge in [-0.15, -0.1) is 0 Å². The molecule has 4 rings (SSSR count). The summed E-state index contributed by atoms with van der Waals surface area (Å²) in [7, 11) is 0. The zero-order valence-corrected chi connectivity index (χ0v) is 20.7. The van der Waals surface area contributed by atoms with E-state index in [-0.39, 0.29) is 5.78 Å². The lowest BCUT2D eigenvalue weighted by Gasteiger charge is -2.36. The van der Waals surface area contributed by atoms with Crippen molar-refractivity contribution in [3.05, 3.63) is 100 Å². The minimum absolute atomic E-state index is 0.214. The number of carbonyl (C=O) groups is 2. The quantitative estimate of drug-likeness (QED) is 0.364. The lowest BCUT2D eigenvalue weighted by atomic mass is 9.92. The molecule has 1 heterocycles. The number of carboxylic acid groups (broad SMARTS) is 1. The molecule has 5 nitrogen and oxygen atoms in total. The molecule has 194 valence electrons. The Hall–Kier alpha value is -3.36. The summed E-state index contributed by atoms with van der Waals surface area (Å²) in [4.78, 5) is 29.0. The fourth-order valence-corrected chi connectivity index (χ4v) is 4.64. The Morgan fingerprint density at radius 1 is 0.892 bits per heavy atom. The van der Waals surface area contributed by atoms with Gasteiger partial charge in [-0.25, -0.2) is 0 Å². The van der Waals surface area contributed by atoms with E-state index in [1.165, 1.54) is 6.07 Å². The highest BCUT2D eigenvalue weighted by Gasteiger charge is 2.31. The van der Waals surface area contributed by atoms with Crippen molar-refractivity contribution in [2.24, 2.45) is 0 Å². The largest absolute Gasteiger partial charge is 0.481 e. The van der Waals surface area contributed by atoms with Crippen LogP contribution in [-0.4, -0.2) is 54.5 Å². The molecule has 0 radical (unpaired) electrons. The third-order valence-electron chi connectivity index (χ3n) is 6.60. The summed E-state index contributed by atoms with van der Waals surface area (Å²) in [5.41, 5.74) is 1.27. The highest BCUT2D eigenvalue weighted by atomic mass is 35.5. The van der Waals surface area contributed by atoms with E-state index in [0.717, 1.165) is 12.1 Å². The van der Waals surface area contributed by atoms with Crippen molar-refractivity contribution in [2.75, 3.05) is 37.6 Å². The van der Waals surface area contributed by atoms with E-state index in [4.69, 9.17) is 11.6 Å². The normalized spacial score (nSPS) is 15.4. The van der Waals surface area contributed by atoms with Gasteiger partial charge in [0.2, 0.25) is 0 Å². The van der Waals surface area contributed by atoms with Crippen LogP contribution in [0, 0.1) is 0 Å². The van der Waals surface area contributed by atoms with Crippen LogP contribution in [0.2, 0.25) is 5.02 Å². The Balaban J connectivity index is 1.37. The van der Waals surface area contributed by atoms with Gasteiger partial charge in [-0.05, 0) is 67.1 Å². The molecular weight excluding hydrogens is 505 g/mol. The summed E-state index contributed by atoms with van der Waals surface area (Å²) in [6, 6.07) is 18.5. The number of anilines is 1.